The van der Waals surface area contributed by atoms with Crippen LogP contribution in [0.1, 0.15) is 6.92 Å². The molecule has 1 amide bonds. The number of anilines is 1. The maximum absolute atomic E-state index is 11.8. The molecule has 0 aliphatic carbocycles. The van der Waals surface area contributed by atoms with E-state index >= 15 is 0 Å². The number of carbonyl (C=O) groups excluding carboxylic acids is 1. The van der Waals surface area contributed by atoms with Crippen molar-refractivity contribution in [1.82, 2.24) is 30.4 Å². The normalized spacial score (nSPS) is 16.3. The van der Waals surface area contributed by atoms with Gasteiger partial charge in [-0.2, -0.15) is 5.10 Å². The second-order valence-corrected chi connectivity index (χ2v) is 7.67. The predicted molar refractivity (Wildman–Crippen MR) is 122 cm³/mol. The van der Waals surface area contributed by atoms with Gasteiger partial charge < -0.3 is 15.4 Å². The van der Waals surface area contributed by atoms with Gasteiger partial charge in [0.2, 0.25) is 5.91 Å². The summed E-state index contributed by atoms with van der Waals surface area (Å²) in [6, 6.07) is 11.6. The van der Waals surface area contributed by atoms with Crippen molar-refractivity contribution < 1.29 is 9.53 Å². The van der Waals surface area contributed by atoms with Gasteiger partial charge in [0.25, 0.3) is 0 Å². The van der Waals surface area contributed by atoms with E-state index in [-0.39, 0.29) is 12.1 Å². The van der Waals surface area contributed by atoms with Crippen LogP contribution in [-0.2, 0) is 4.79 Å². The van der Waals surface area contributed by atoms with Crippen LogP contribution < -0.4 is 15.8 Å². The maximum Gasteiger partial charge on any atom is 0.219 e. The van der Waals surface area contributed by atoms with Crippen molar-refractivity contribution in [3.63, 3.8) is 0 Å². The van der Waals surface area contributed by atoms with Crippen LogP contribution in [0.5, 0.6) is 5.75 Å². The highest BCUT2D eigenvalue weighted by Gasteiger charge is 2.25. The van der Waals surface area contributed by atoms with E-state index in [9.17, 15) is 4.79 Å². The lowest BCUT2D eigenvalue weighted by atomic mass is 9.98. The molecular formula is C23H23N7O2. The number of nitrogens with two attached hydrogens (primary N) is 1. The van der Waals surface area contributed by atoms with Crippen molar-refractivity contribution in [3.8, 4) is 28.3 Å². The number of benzene rings is 2. The minimum Gasteiger partial charge on any atom is -0.473 e. The molecule has 4 N–H and O–H groups in total. The van der Waals surface area contributed by atoms with Gasteiger partial charge in [0.1, 0.15) is 5.75 Å². The Morgan fingerprint density at radius 3 is 2.88 bits per heavy atom. The number of aromatic nitrogens is 4. The van der Waals surface area contributed by atoms with Crippen LogP contribution in [0, 0.1) is 0 Å². The average molecular weight is 429 g/mol. The van der Waals surface area contributed by atoms with Gasteiger partial charge in [-0.1, -0.05) is 6.07 Å². The first-order valence-corrected chi connectivity index (χ1v) is 10.4. The summed E-state index contributed by atoms with van der Waals surface area (Å²) in [6.45, 7) is 3.32. The molecule has 9 nitrogen and oxygen atoms in total. The summed E-state index contributed by atoms with van der Waals surface area (Å²) in [6.07, 6.45) is 4.77. The number of H-pyrrole nitrogens is 1. The number of hydrogen-bond acceptors (Lipinski definition) is 7. The van der Waals surface area contributed by atoms with E-state index in [0.29, 0.717) is 42.5 Å². The van der Waals surface area contributed by atoms with Crippen molar-refractivity contribution in [2.75, 3.05) is 25.4 Å². The third kappa shape index (κ3) is 3.74. The Kier molecular flexibility index (Phi) is 5.16. The van der Waals surface area contributed by atoms with E-state index < -0.39 is 0 Å². The number of rotatable bonds is 4. The first-order chi connectivity index (χ1) is 15.6. The summed E-state index contributed by atoms with van der Waals surface area (Å²) < 4.78 is 6.27. The number of amides is 1. The molecule has 32 heavy (non-hydrogen) atoms. The molecule has 2 aromatic carbocycles. The minimum atomic E-state index is -0.359. The Labute approximate surface area is 184 Å². The fourth-order valence-corrected chi connectivity index (χ4v) is 3.95. The smallest absolute Gasteiger partial charge is 0.219 e. The van der Waals surface area contributed by atoms with E-state index in [1.165, 1.54) is 0 Å². The Morgan fingerprint density at radius 2 is 2.06 bits per heavy atom. The molecule has 1 saturated heterocycles. The number of nitrogen functional groups attached to an aromatic ring is 1. The summed E-state index contributed by atoms with van der Waals surface area (Å²) in [5.74, 6) is 1.06. The lowest BCUT2D eigenvalue weighted by Gasteiger charge is -2.33. The number of aromatic amines is 1. The van der Waals surface area contributed by atoms with Crippen LogP contribution in [0.2, 0.25) is 0 Å². The zero-order chi connectivity index (χ0) is 22.1. The summed E-state index contributed by atoms with van der Waals surface area (Å²) >= 11 is 0. The molecule has 0 spiro atoms. The van der Waals surface area contributed by atoms with Crippen LogP contribution in [-0.4, -0.2) is 56.8 Å². The fourth-order valence-electron chi connectivity index (χ4n) is 3.95. The zero-order valence-electron chi connectivity index (χ0n) is 17.6. The molecule has 1 aliphatic rings. The topological polar surface area (TPSA) is 122 Å². The number of ether oxygens (including phenoxy) is 1. The maximum atomic E-state index is 11.8. The quantitative estimate of drug-likeness (QED) is 0.426. The van der Waals surface area contributed by atoms with Crippen LogP contribution in [0.4, 0.5) is 5.69 Å². The third-order valence-corrected chi connectivity index (χ3v) is 5.60. The molecule has 3 heterocycles. The Hall–Kier alpha value is -3.98. The molecule has 1 atom stereocenters. The molecule has 9 heteroatoms. The summed E-state index contributed by atoms with van der Waals surface area (Å²) in [4.78, 5) is 22.4. The van der Waals surface area contributed by atoms with Crippen LogP contribution >= 0.6 is 0 Å². The van der Waals surface area contributed by atoms with Crippen molar-refractivity contribution in [3.05, 3.63) is 55.0 Å². The number of hydrogen-bond donors (Lipinski definition) is 3. The molecule has 0 saturated carbocycles. The second kappa shape index (κ2) is 8.27. The molecule has 1 aliphatic heterocycles. The zero-order valence-corrected chi connectivity index (χ0v) is 17.6. The van der Waals surface area contributed by atoms with Gasteiger partial charge in [-0.25, -0.2) is 9.97 Å². The highest BCUT2D eigenvalue weighted by Crippen LogP contribution is 2.40. The van der Waals surface area contributed by atoms with E-state index in [2.05, 4.69) is 25.5 Å². The number of piperazine rings is 1. The lowest BCUT2D eigenvalue weighted by Crippen LogP contribution is -2.54. The SMILES string of the molecule is CC(=O)N1CCNC(Oc2ccc(-c3ccc4[nH]ncc4c3)c(N)c2-c2ncccn2)C1. The summed E-state index contributed by atoms with van der Waals surface area (Å²) in [7, 11) is 0. The Balaban J connectivity index is 1.56. The van der Waals surface area contributed by atoms with Crippen molar-refractivity contribution in [2.24, 2.45) is 0 Å². The Bertz CT molecular complexity index is 1270. The van der Waals surface area contributed by atoms with Gasteiger partial charge in [0, 0.05) is 43.4 Å². The first kappa shape index (κ1) is 20.0. The molecule has 1 fully saturated rings. The van der Waals surface area contributed by atoms with Gasteiger partial charge in [0.15, 0.2) is 12.1 Å². The highest BCUT2D eigenvalue weighted by atomic mass is 16.5. The summed E-state index contributed by atoms with van der Waals surface area (Å²) in [5.41, 5.74) is 10.6. The van der Waals surface area contributed by atoms with Crippen molar-refractivity contribution in [2.45, 2.75) is 13.2 Å². The van der Waals surface area contributed by atoms with Gasteiger partial charge >= 0.3 is 0 Å². The molecule has 0 radical (unpaired) electrons. The molecule has 1 unspecified atom stereocenters. The van der Waals surface area contributed by atoms with Crippen LogP contribution in [0.25, 0.3) is 33.4 Å². The largest absolute Gasteiger partial charge is 0.473 e. The van der Waals surface area contributed by atoms with Crippen LogP contribution in [0.3, 0.4) is 0 Å². The van der Waals surface area contributed by atoms with Gasteiger partial charge in [-0.3, -0.25) is 15.2 Å². The molecule has 2 aromatic heterocycles. The van der Waals surface area contributed by atoms with Crippen molar-refractivity contribution >= 4 is 22.5 Å². The van der Waals surface area contributed by atoms with Gasteiger partial charge in [-0.05, 0) is 35.9 Å². The third-order valence-electron chi connectivity index (χ3n) is 5.60. The fraction of sp³-hybridized carbons (Fsp3) is 0.217. The van der Waals surface area contributed by atoms with Crippen molar-refractivity contribution in [1.29, 1.82) is 0 Å². The second-order valence-electron chi connectivity index (χ2n) is 7.67. The number of nitrogens with one attached hydrogen (secondary N) is 2. The molecule has 5 rings (SSSR count). The minimum absolute atomic E-state index is 0.0243. The number of nitrogens with zero attached hydrogens (tertiary/aromatic N) is 4. The first-order valence-electron chi connectivity index (χ1n) is 10.4. The highest BCUT2D eigenvalue weighted by molar-refractivity contribution is 5.93. The Morgan fingerprint density at radius 1 is 1.22 bits per heavy atom. The lowest BCUT2D eigenvalue weighted by molar-refractivity contribution is -0.131. The predicted octanol–water partition coefficient (Wildman–Crippen LogP) is 2.43. The van der Waals surface area contributed by atoms with Gasteiger partial charge in [0.05, 0.1) is 29.5 Å². The average Bonchev–Trinajstić information content (AvgIpc) is 3.28. The molecule has 4 aromatic rings. The number of carbonyl (C=O) groups is 1. The molecule has 162 valence electrons. The van der Waals surface area contributed by atoms with E-state index in [1.807, 2.05) is 30.3 Å². The monoisotopic (exact) mass is 429 g/mol. The van der Waals surface area contributed by atoms with Gasteiger partial charge in [-0.15, -0.1) is 0 Å². The molecular weight excluding hydrogens is 406 g/mol. The van der Waals surface area contributed by atoms with Crippen LogP contribution in [0.15, 0.2) is 55.0 Å². The van der Waals surface area contributed by atoms with E-state index in [1.54, 1.807) is 36.5 Å². The number of fused-ring (bicyclic) bond motifs is 1. The van der Waals surface area contributed by atoms with E-state index in [0.717, 1.165) is 22.0 Å². The molecule has 0 bridgehead atoms. The summed E-state index contributed by atoms with van der Waals surface area (Å²) in [5, 5.41) is 11.4. The standard InChI is InChI=1S/C23H23N7O2/c1-14(31)30-10-9-25-20(13-30)32-19-6-4-17(15-3-5-18-16(11-15)12-28-29-18)22(24)21(19)23-26-7-2-8-27-23/h2-8,11-12,20,25H,9-10,13,24H2,1H3,(H,28,29). The van der Waals surface area contributed by atoms with E-state index in [4.69, 9.17) is 10.5 Å².